The molecule has 0 saturated heterocycles. The molecule has 4 N–H and O–H groups in total. The molecule has 0 spiro atoms. The first kappa shape index (κ1) is 15.2. The van der Waals surface area contributed by atoms with E-state index >= 15 is 0 Å². The Morgan fingerprint density at radius 2 is 1.76 bits per heavy atom. The van der Waals surface area contributed by atoms with E-state index in [1.54, 1.807) is 0 Å². The minimum absolute atomic E-state index is 0.200. The van der Waals surface area contributed by atoms with Gasteiger partial charge in [0.15, 0.2) is 5.60 Å². The quantitative estimate of drug-likeness (QED) is 0.457. The van der Waals surface area contributed by atoms with Gasteiger partial charge in [-0.05, 0) is 6.92 Å². The number of likely N-dealkylation sites (N-methyl/N-ethyl adjacent to an activating group) is 1. The van der Waals surface area contributed by atoms with E-state index < -0.39 is 24.1 Å². The van der Waals surface area contributed by atoms with Gasteiger partial charge in [0.25, 0.3) is 0 Å². The number of carbonyl (C=O) groups excluding carboxylic acids is 2. The molecule has 0 aromatic carbocycles. The van der Waals surface area contributed by atoms with Crippen molar-refractivity contribution < 1.29 is 24.6 Å². The van der Waals surface area contributed by atoms with Crippen LogP contribution < -0.4 is 10.6 Å². The summed E-state index contributed by atoms with van der Waals surface area (Å²) in [7, 11) is 3.08. The van der Waals surface area contributed by atoms with E-state index in [1.165, 1.54) is 19.0 Å². The van der Waals surface area contributed by atoms with Gasteiger partial charge < -0.3 is 25.7 Å². The van der Waals surface area contributed by atoms with Gasteiger partial charge in [0, 0.05) is 14.1 Å². The second kappa shape index (κ2) is 6.04. The number of carboxylic acids is 1. The monoisotopic (exact) mass is 247 g/mol. The van der Waals surface area contributed by atoms with Gasteiger partial charge in [-0.25, -0.2) is 9.59 Å². The van der Waals surface area contributed by atoms with Crippen LogP contribution in [-0.2, 0) is 9.59 Å². The highest BCUT2D eigenvalue weighted by Gasteiger charge is 2.30. The van der Waals surface area contributed by atoms with Crippen LogP contribution in [0, 0.1) is 0 Å². The molecule has 0 aliphatic rings. The summed E-state index contributed by atoms with van der Waals surface area (Å²) in [4.78, 5) is 34.0. The Balaban J connectivity index is 3.97. The third kappa shape index (κ3) is 5.71. The van der Waals surface area contributed by atoms with Crippen molar-refractivity contribution >= 4 is 17.9 Å². The smallest absolute Gasteiger partial charge is 0.337 e. The fourth-order valence-electron chi connectivity index (χ4n) is 0.705. The predicted octanol–water partition coefficient (Wildman–Crippen LogP) is -1.79. The third-order valence-electron chi connectivity index (χ3n) is 1.95. The van der Waals surface area contributed by atoms with Crippen molar-refractivity contribution in [2.24, 2.45) is 0 Å². The Bertz CT molecular complexity index is 314. The number of carboxylic acid groups (broad SMARTS) is 1. The number of carbonyl (C=O) groups is 3. The summed E-state index contributed by atoms with van der Waals surface area (Å²) in [5.74, 6) is -1.74. The molecule has 0 bridgehead atoms. The summed E-state index contributed by atoms with van der Waals surface area (Å²) in [6.45, 7) is 0.402. The van der Waals surface area contributed by atoms with Crippen molar-refractivity contribution in [3.8, 4) is 0 Å². The Morgan fingerprint density at radius 1 is 1.24 bits per heavy atom. The molecule has 0 aromatic rings. The summed E-state index contributed by atoms with van der Waals surface area (Å²) in [6, 6.07) is -0.721. The molecule has 0 fully saturated rings. The molecular formula is C9H17N3O5. The van der Waals surface area contributed by atoms with Crippen LogP contribution >= 0.6 is 0 Å². The summed E-state index contributed by atoms with van der Waals surface area (Å²) >= 11 is 0. The van der Waals surface area contributed by atoms with Crippen LogP contribution in [0.4, 0.5) is 4.79 Å². The molecule has 1 unspecified atom stereocenters. The van der Waals surface area contributed by atoms with Crippen LogP contribution in [0.2, 0.25) is 0 Å². The fraction of sp³-hybridized carbons (Fsp3) is 0.667. The number of hydrogen-bond donors (Lipinski definition) is 4. The standard InChI is InChI=1S/C9H17N3O5/c1-9(17,7(14)15)5-11-8(16)10-4-6(13)12(2)3/h17H,4-5H2,1-3H3,(H,14,15)(H2,10,11,16). The zero-order valence-electron chi connectivity index (χ0n) is 9.98. The number of rotatable bonds is 5. The van der Waals surface area contributed by atoms with Crippen molar-refractivity contribution in [2.45, 2.75) is 12.5 Å². The largest absolute Gasteiger partial charge is 0.479 e. The van der Waals surface area contributed by atoms with Crippen molar-refractivity contribution in [1.29, 1.82) is 0 Å². The van der Waals surface area contributed by atoms with E-state index in [9.17, 15) is 19.5 Å². The molecule has 0 aliphatic heterocycles. The van der Waals surface area contributed by atoms with Gasteiger partial charge >= 0.3 is 12.0 Å². The van der Waals surface area contributed by atoms with Crippen LogP contribution in [0.25, 0.3) is 0 Å². The summed E-state index contributed by atoms with van der Waals surface area (Å²) in [6.07, 6.45) is 0. The molecule has 1 atom stereocenters. The lowest BCUT2D eigenvalue weighted by Gasteiger charge is -2.18. The lowest BCUT2D eigenvalue weighted by molar-refractivity contribution is -0.155. The van der Waals surface area contributed by atoms with Crippen molar-refractivity contribution in [1.82, 2.24) is 15.5 Å². The van der Waals surface area contributed by atoms with Gasteiger partial charge in [-0.2, -0.15) is 0 Å². The van der Waals surface area contributed by atoms with E-state index in [2.05, 4.69) is 10.6 Å². The highest BCUT2D eigenvalue weighted by atomic mass is 16.4. The SMILES string of the molecule is CN(C)C(=O)CNC(=O)NCC(C)(O)C(=O)O. The first-order chi connectivity index (χ1) is 7.66. The van der Waals surface area contributed by atoms with Crippen molar-refractivity contribution in [3.05, 3.63) is 0 Å². The number of nitrogens with one attached hydrogen (secondary N) is 2. The molecule has 8 heteroatoms. The molecule has 0 rings (SSSR count). The molecule has 8 nitrogen and oxygen atoms in total. The summed E-state index contributed by atoms with van der Waals surface area (Å²) in [5, 5.41) is 22.2. The lowest BCUT2D eigenvalue weighted by atomic mass is 10.1. The maximum atomic E-state index is 11.1. The average molecular weight is 247 g/mol. The fourth-order valence-corrected chi connectivity index (χ4v) is 0.705. The van der Waals surface area contributed by atoms with E-state index in [0.29, 0.717) is 0 Å². The van der Waals surface area contributed by atoms with Gasteiger partial charge in [-0.15, -0.1) is 0 Å². The zero-order chi connectivity index (χ0) is 13.6. The molecule has 3 amide bonds. The zero-order valence-corrected chi connectivity index (χ0v) is 9.98. The molecule has 0 heterocycles. The molecular weight excluding hydrogens is 230 g/mol. The molecule has 0 aromatic heterocycles. The van der Waals surface area contributed by atoms with Gasteiger partial charge in [0.1, 0.15) is 0 Å². The van der Waals surface area contributed by atoms with Crippen molar-refractivity contribution in [2.75, 3.05) is 27.2 Å². The normalized spacial score (nSPS) is 13.4. The topological polar surface area (TPSA) is 119 Å². The maximum Gasteiger partial charge on any atom is 0.337 e. The van der Waals surface area contributed by atoms with Gasteiger partial charge in [0.05, 0.1) is 13.1 Å². The number of urea groups is 1. The second-order valence-electron chi connectivity index (χ2n) is 3.90. The van der Waals surface area contributed by atoms with Crippen LogP contribution in [0.15, 0.2) is 0 Å². The van der Waals surface area contributed by atoms with Crippen LogP contribution in [0.5, 0.6) is 0 Å². The highest BCUT2D eigenvalue weighted by molar-refractivity contribution is 5.84. The number of nitrogens with zero attached hydrogens (tertiary/aromatic N) is 1. The van der Waals surface area contributed by atoms with Gasteiger partial charge in [-0.3, -0.25) is 4.79 Å². The number of hydrogen-bond acceptors (Lipinski definition) is 4. The van der Waals surface area contributed by atoms with Gasteiger partial charge in [-0.1, -0.05) is 0 Å². The third-order valence-corrected chi connectivity index (χ3v) is 1.95. The summed E-state index contributed by atoms with van der Waals surface area (Å²) < 4.78 is 0. The van der Waals surface area contributed by atoms with E-state index in [4.69, 9.17) is 5.11 Å². The van der Waals surface area contributed by atoms with E-state index in [1.807, 2.05) is 0 Å². The molecule has 98 valence electrons. The number of amides is 3. The van der Waals surface area contributed by atoms with Gasteiger partial charge in [0.2, 0.25) is 5.91 Å². The van der Waals surface area contributed by atoms with Crippen LogP contribution in [0.1, 0.15) is 6.92 Å². The van der Waals surface area contributed by atoms with E-state index in [-0.39, 0.29) is 12.5 Å². The maximum absolute atomic E-state index is 11.1. The Morgan fingerprint density at radius 3 is 2.18 bits per heavy atom. The molecule has 17 heavy (non-hydrogen) atoms. The molecule has 0 radical (unpaired) electrons. The first-order valence-electron chi connectivity index (χ1n) is 4.84. The van der Waals surface area contributed by atoms with E-state index in [0.717, 1.165) is 6.92 Å². The predicted molar refractivity (Wildman–Crippen MR) is 58.4 cm³/mol. The highest BCUT2D eigenvalue weighted by Crippen LogP contribution is 2.00. The van der Waals surface area contributed by atoms with Crippen molar-refractivity contribution in [3.63, 3.8) is 0 Å². The Kier molecular flexibility index (Phi) is 5.39. The summed E-state index contributed by atoms with van der Waals surface area (Å²) in [5.41, 5.74) is -2.04. The minimum atomic E-state index is -2.04. The average Bonchev–Trinajstić information content (AvgIpc) is 2.22. The second-order valence-corrected chi connectivity index (χ2v) is 3.90. The first-order valence-corrected chi connectivity index (χ1v) is 4.84. The van der Waals surface area contributed by atoms with Crippen LogP contribution in [0.3, 0.4) is 0 Å². The van der Waals surface area contributed by atoms with Crippen LogP contribution in [-0.4, -0.2) is 65.8 Å². The Labute approximate surface area is 98.6 Å². The minimum Gasteiger partial charge on any atom is -0.479 e. The Hall–Kier alpha value is -1.83. The molecule has 0 aliphatic carbocycles. The number of aliphatic carboxylic acids is 1. The molecule has 0 saturated carbocycles. The number of aliphatic hydroxyl groups is 1. The lowest BCUT2D eigenvalue weighted by Crippen LogP contribution is -2.50.